The van der Waals surface area contributed by atoms with Gasteiger partial charge in [-0.2, -0.15) is 9.97 Å². The van der Waals surface area contributed by atoms with Gasteiger partial charge in [-0.05, 0) is 25.2 Å². The van der Waals surface area contributed by atoms with Gasteiger partial charge in [-0.3, -0.25) is 0 Å². The summed E-state index contributed by atoms with van der Waals surface area (Å²) >= 11 is 0. The lowest BCUT2D eigenvalue weighted by molar-refractivity contribution is 0.221. The molecule has 1 heterocycles. The summed E-state index contributed by atoms with van der Waals surface area (Å²) in [6.45, 7) is 12.4. The van der Waals surface area contributed by atoms with E-state index >= 15 is 0 Å². The number of anilines is 1. The molecule has 0 unspecified atom stereocenters. The third-order valence-electron chi connectivity index (χ3n) is 2.45. The van der Waals surface area contributed by atoms with Crippen LogP contribution in [0.15, 0.2) is 0 Å². The molecule has 0 aromatic carbocycles. The van der Waals surface area contributed by atoms with Crippen LogP contribution in [0.3, 0.4) is 0 Å². The number of hydrogen-bond acceptors (Lipinski definition) is 6. The maximum Gasteiger partial charge on any atom is 0.324 e. The zero-order valence-electron chi connectivity index (χ0n) is 13.2. The molecule has 114 valence electrons. The first-order chi connectivity index (χ1) is 9.44. The van der Waals surface area contributed by atoms with Crippen molar-refractivity contribution < 1.29 is 9.47 Å². The molecule has 0 bridgehead atoms. The first-order valence-corrected chi connectivity index (χ1v) is 7.20. The highest BCUT2D eigenvalue weighted by atomic mass is 16.5. The van der Waals surface area contributed by atoms with Crippen molar-refractivity contribution >= 4 is 5.95 Å². The molecule has 1 rings (SSSR count). The Morgan fingerprint density at radius 1 is 0.950 bits per heavy atom. The van der Waals surface area contributed by atoms with Crippen LogP contribution in [0.5, 0.6) is 12.0 Å². The van der Waals surface area contributed by atoms with Crippen molar-refractivity contribution in [1.29, 1.82) is 0 Å². The smallest absolute Gasteiger partial charge is 0.324 e. The van der Waals surface area contributed by atoms with Gasteiger partial charge in [0, 0.05) is 6.54 Å². The Bertz CT molecular complexity index is 405. The minimum absolute atomic E-state index is 0.221. The van der Waals surface area contributed by atoms with E-state index < -0.39 is 0 Å². The zero-order chi connectivity index (χ0) is 15.0. The van der Waals surface area contributed by atoms with Gasteiger partial charge in [0.25, 0.3) is 0 Å². The van der Waals surface area contributed by atoms with Crippen molar-refractivity contribution in [3.05, 3.63) is 0 Å². The summed E-state index contributed by atoms with van der Waals surface area (Å²) in [4.78, 5) is 12.6. The van der Waals surface area contributed by atoms with Crippen LogP contribution in [0.25, 0.3) is 0 Å². The van der Waals surface area contributed by atoms with Gasteiger partial charge < -0.3 is 14.8 Å². The standard InChI is InChI=1S/C14H26N4O2/c1-6-9-19-12-16-11(15-7-2)17-13(18-12)20-10-8-14(3,4)5/h6-10H2,1-5H3,(H,15,16,17,18). The highest BCUT2D eigenvalue weighted by Gasteiger charge is 2.12. The minimum Gasteiger partial charge on any atom is -0.463 e. The molecule has 0 amide bonds. The lowest BCUT2D eigenvalue weighted by Crippen LogP contribution is -2.14. The second-order valence-electron chi connectivity index (χ2n) is 5.76. The summed E-state index contributed by atoms with van der Waals surface area (Å²) < 4.78 is 11.1. The molecule has 0 radical (unpaired) electrons. The van der Waals surface area contributed by atoms with Crippen LogP contribution in [0, 0.1) is 5.41 Å². The normalized spacial score (nSPS) is 11.2. The summed E-state index contributed by atoms with van der Waals surface area (Å²) in [6.07, 6.45) is 1.84. The lowest BCUT2D eigenvalue weighted by Gasteiger charge is -2.17. The fraction of sp³-hybridized carbons (Fsp3) is 0.786. The van der Waals surface area contributed by atoms with Crippen LogP contribution in [0.4, 0.5) is 5.95 Å². The van der Waals surface area contributed by atoms with E-state index in [0.29, 0.717) is 31.2 Å². The SMILES string of the molecule is CCCOc1nc(NCC)nc(OCCC(C)(C)C)n1. The first kappa shape index (κ1) is 16.5. The molecule has 1 N–H and O–H groups in total. The van der Waals surface area contributed by atoms with E-state index in [1.54, 1.807) is 0 Å². The molecule has 6 heteroatoms. The molecule has 0 fully saturated rings. The van der Waals surface area contributed by atoms with Crippen molar-refractivity contribution in [2.45, 2.75) is 47.5 Å². The predicted molar refractivity (Wildman–Crippen MR) is 79.3 cm³/mol. The van der Waals surface area contributed by atoms with Crippen molar-refractivity contribution in [1.82, 2.24) is 15.0 Å². The third-order valence-corrected chi connectivity index (χ3v) is 2.45. The molecule has 0 saturated heterocycles. The maximum atomic E-state index is 5.61. The summed E-state index contributed by atoms with van der Waals surface area (Å²) in [5.74, 6) is 0.486. The number of rotatable bonds is 8. The van der Waals surface area contributed by atoms with Crippen LogP contribution in [-0.4, -0.2) is 34.7 Å². The van der Waals surface area contributed by atoms with Gasteiger partial charge in [0.2, 0.25) is 5.95 Å². The quantitative estimate of drug-likeness (QED) is 0.790. The van der Waals surface area contributed by atoms with E-state index in [2.05, 4.69) is 41.0 Å². The van der Waals surface area contributed by atoms with Crippen molar-refractivity contribution in [2.75, 3.05) is 25.1 Å². The molecule has 0 saturated carbocycles. The van der Waals surface area contributed by atoms with E-state index in [1.807, 2.05) is 13.8 Å². The molecular formula is C14H26N4O2. The molecule has 1 aromatic rings. The summed E-state index contributed by atoms with van der Waals surface area (Å²) in [7, 11) is 0. The Hall–Kier alpha value is -1.59. The molecule has 0 atom stereocenters. The van der Waals surface area contributed by atoms with Gasteiger partial charge in [0.1, 0.15) is 0 Å². The van der Waals surface area contributed by atoms with E-state index in [-0.39, 0.29) is 5.41 Å². The molecular weight excluding hydrogens is 256 g/mol. The van der Waals surface area contributed by atoms with Crippen LogP contribution in [-0.2, 0) is 0 Å². The number of ether oxygens (including phenoxy) is 2. The number of aromatic nitrogens is 3. The minimum atomic E-state index is 0.221. The predicted octanol–water partition coefficient (Wildman–Crippen LogP) is 2.91. The molecule has 0 spiro atoms. The Morgan fingerprint density at radius 3 is 2.05 bits per heavy atom. The second kappa shape index (κ2) is 7.87. The average Bonchev–Trinajstić information content (AvgIpc) is 2.35. The summed E-state index contributed by atoms with van der Waals surface area (Å²) in [5, 5.41) is 3.05. The van der Waals surface area contributed by atoms with Crippen LogP contribution < -0.4 is 14.8 Å². The molecule has 0 aliphatic heterocycles. The largest absolute Gasteiger partial charge is 0.463 e. The molecule has 20 heavy (non-hydrogen) atoms. The van der Waals surface area contributed by atoms with Crippen molar-refractivity contribution in [2.24, 2.45) is 5.41 Å². The van der Waals surface area contributed by atoms with Crippen LogP contribution in [0.1, 0.15) is 47.5 Å². The number of nitrogens with one attached hydrogen (secondary N) is 1. The highest BCUT2D eigenvalue weighted by molar-refractivity contribution is 5.27. The Morgan fingerprint density at radius 2 is 1.55 bits per heavy atom. The van der Waals surface area contributed by atoms with E-state index in [4.69, 9.17) is 9.47 Å². The number of nitrogens with zero attached hydrogens (tertiary/aromatic N) is 3. The Balaban J connectivity index is 2.69. The second-order valence-corrected chi connectivity index (χ2v) is 5.76. The fourth-order valence-electron chi connectivity index (χ4n) is 1.35. The third kappa shape index (κ3) is 6.54. The average molecular weight is 282 g/mol. The topological polar surface area (TPSA) is 69.2 Å². The monoisotopic (exact) mass is 282 g/mol. The van der Waals surface area contributed by atoms with Gasteiger partial charge >= 0.3 is 12.0 Å². The van der Waals surface area contributed by atoms with E-state index in [0.717, 1.165) is 19.4 Å². The van der Waals surface area contributed by atoms with Gasteiger partial charge in [-0.15, -0.1) is 4.98 Å². The van der Waals surface area contributed by atoms with Crippen LogP contribution in [0.2, 0.25) is 0 Å². The summed E-state index contributed by atoms with van der Waals surface area (Å²) in [5.41, 5.74) is 0.221. The van der Waals surface area contributed by atoms with Crippen molar-refractivity contribution in [3.8, 4) is 12.0 Å². The van der Waals surface area contributed by atoms with E-state index in [1.165, 1.54) is 0 Å². The fourth-order valence-corrected chi connectivity index (χ4v) is 1.35. The van der Waals surface area contributed by atoms with Gasteiger partial charge in [0.05, 0.1) is 13.2 Å². The summed E-state index contributed by atoms with van der Waals surface area (Å²) in [6, 6.07) is 0.620. The van der Waals surface area contributed by atoms with E-state index in [9.17, 15) is 0 Å². The molecule has 0 aliphatic carbocycles. The molecule has 1 aromatic heterocycles. The zero-order valence-corrected chi connectivity index (χ0v) is 13.2. The first-order valence-electron chi connectivity index (χ1n) is 7.20. The van der Waals surface area contributed by atoms with Crippen LogP contribution >= 0.6 is 0 Å². The van der Waals surface area contributed by atoms with Gasteiger partial charge in [-0.25, -0.2) is 0 Å². The van der Waals surface area contributed by atoms with Crippen molar-refractivity contribution in [3.63, 3.8) is 0 Å². The maximum absolute atomic E-state index is 5.61. The number of hydrogen-bond donors (Lipinski definition) is 1. The Kier molecular flexibility index (Phi) is 6.48. The Labute approximate surface area is 121 Å². The lowest BCUT2D eigenvalue weighted by atomic mass is 9.93. The highest BCUT2D eigenvalue weighted by Crippen LogP contribution is 2.19. The molecule has 0 aliphatic rings. The van der Waals surface area contributed by atoms with Gasteiger partial charge in [0.15, 0.2) is 0 Å². The molecule has 6 nitrogen and oxygen atoms in total. The van der Waals surface area contributed by atoms with Gasteiger partial charge in [-0.1, -0.05) is 27.7 Å².